The van der Waals surface area contributed by atoms with Gasteiger partial charge in [-0.15, -0.1) is 0 Å². The maximum Gasteiger partial charge on any atom is 0.271 e. The highest BCUT2D eigenvalue weighted by atomic mass is 16.6. The first-order chi connectivity index (χ1) is 14.9. The number of carbonyl (C=O) groups is 1. The molecule has 0 aliphatic carbocycles. The van der Waals surface area contributed by atoms with Crippen LogP contribution in [-0.4, -0.2) is 22.0 Å². The summed E-state index contributed by atoms with van der Waals surface area (Å²) in [6, 6.07) is 18.2. The topological polar surface area (TPSA) is 137 Å². The van der Waals surface area contributed by atoms with Crippen LogP contribution in [0.25, 0.3) is 0 Å². The van der Waals surface area contributed by atoms with Crippen LogP contribution in [0.1, 0.15) is 21.5 Å². The Bertz CT molecular complexity index is 1110. The van der Waals surface area contributed by atoms with Gasteiger partial charge in [-0.25, -0.2) is 5.43 Å². The average Bonchev–Trinajstić information content (AvgIpc) is 2.78. The molecule has 0 bridgehead atoms. The number of hydrogen-bond donors (Lipinski definition) is 1. The molecule has 3 rings (SSSR count). The van der Waals surface area contributed by atoms with Gasteiger partial charge in [-0.05, 0) is 59.7 Å². The van der Waals surface area contributed by atoms with E-state index in [0.717, 1.165) is 5.56 Å². The summed E-state index contributed by atoms with van der Waals surface area (Å²) in [4.78, 5) is 32.3. The molecule has 0 radical (unpaired) electrons. The van der Waals surface area contributed by atoms with Crippen LogP contribution in [0.4, 0.5) is 11.4 Å². The van der Waals surface area contributed by atoms with Crippen LogP contribution in [0.15, 0.2) is 77.9 Å². The standard InChI is InChI=1S/C21H16N4O6/c26-21(17-5-9-19(10-6-17)25(29)30)23-22-13-15-3-11-20(12-4-15)31-14-16-1-7-18(8-2-16)24(27)28/h1-13H,14H2,(H,23,26). The van der Waals surface area contributed by atoms with Gasteiger partial charge in [0.1, 0.15) is 12.4 Å². The van der Waals surface area contributed by atoms with Crippen molar-refractivity contribution in [1.82, 2.24) is 5.43 Å². The van der Waals surface area contributed by atoms with E-state index < -0.39 is 15.8 Å². The van der Waals surface area contributed by atoms with Crippen LogP contribution >= 0.6 is 0 Å². The molecule has 31 heavy (non-hydrogen) atoms. The summed E-state index contributed by atoms with van der Waals surface area (Å²) >= 11 is 0. The fourth-order valence-electron chi connectivity index (χ4n) is 2.50. The Kier molecular flexibility index (Phi) is 6.64. The fourth-order valence-corrected chi connectivity index (χ4v) is 2.50. The summed E-state index contributed by atoms with van der Waals surface area (Å²) in [6.45, 7) is 0.261. The number of nitro groups is 2. The number of rotatable bonds is 8. The molecule has 3 aromatic rings. The first kappa shape index (κ1) is 21.1. The summed E-state index contributed by atoms with van der Waals surface area (Å²) in [5.74, 6) is 0.111. The Hall–Kier alpha value is -4.60. The van der Waals surface area contributed by atoms with Gasteiger partial charge in [-0.2, -0.15) is 5.10 Å². The largest absolute Gasteiger partial charge is 0.489 e. The van der Waals surface area contributed by atoms with Crippen molar-refractivity contribution in [2.24, 2.45) is 5.10 Å². The number of hydrazone groups is 1. The average molecular weight is 420 g/mol. The Morgan fingerprint density at radius 1 is 0.871 bits per heavy atom. The van der Waals surface area contributed by atoms with Crippen molar-refractivity contribution >= 4 is 23.5 Å². The molecule has 1 amide bonds. The Morgan fingerprint density at radius 2 is 1.42 bits per heavy atom. The van der Waals surface area contributed by atoms with Crippen LogP contribution in [-0.2, 0) is 6.61 Å². The third-order valence-electron chi connectivity index (χ3n) is 4.15. The van der Waals surface area contributed by atoms with Crippen LogP contribution < -0.4 is 10.2 Å². The third-order valence-corrected chi connectivity index (χ3v) is 4.15. The van der Waals surface area contributed by atoms with Crippen molar-refractivity contribution in [2.75, 3.05) is 0 Å². The molecule has 156 valence electrons. The number of ether oxygens (including phenoxy) is 1. The van der Waals surface area contributed by atoms with Gasteiger partial charge in [0.2, 0.25) is 0 Å². The Morgan fingerprint density at radius 3 is 1.97 bits per heavy atom. The zero-order chi connectivity index (χ0) is 22.2. The molecule has 0 unspecified atom stereocenters. The smallest absolute Gasteiger partial charge is 0.271 e. The lowest BCUT2D eigenvalue weighted by molar-refractivity contribution is -0.385. The van der Waals surface area contributed by atoms with Gasteiger partial charge in [0.15, 0.2) is 0 Å². The second-order valence-corrected chi connectivity index (χ2v) is 6.28. The van der Waals surface area contributed by atoms with Crippen LogP contribution in [0.3, 0.4) is 0 Å². The maximum atomic E-state index is 12.0. The van der Waals surface area contributed by atoms with Crippen molar-refractivity contribution in [1.29, 1.82) is 0 Å². The van der Waals surface area contributed by atoms with E-state index in [1.165, 1.54) is 42.6 Å². The van der Waals surface area contributed by atoms with Crippen molar-refractivity contribution < 1.29 is 19.4 Å². The SMILES string of the molecule is O=C(NN=Cc1ccc(OCc2ccc([N+](=O)[O-])cc2)cc1)c1ccc([N+](=O)[O-])cc1. The van der Waals surface area contributed by atoms with Gasteiger partial charge in [-0.1, -0.05) is 0 Å². The highest BCUT2D eigenvalue weighted by Crippen LogP contribution is 2.16. The van der Waals surface area contributed by atoms with Gasteiger partial charge in [-0.3, -0.25) is 25.0 Å². The zero-order valence-electron chi connectivity index (χ0n) is 16.0. The lowest BCUT2D eigenvalue weighted by atomic mass is 10.2. The number of hydrogen-bond acceptors (Lipinski definition) is 7. The lowest BCUT2D eigenvalue weighted by Gasteiger charge is -2.06. The van der Waals surface area contributed by atoms with E-state index in [2.05, 4.69) is 10.5 Å². The predicted octanol–water partition coefficient (Wildman–Crippen LogP) is 3.85. The number of amides is 1. The van der Waals surface area contributed by atoms with Crippen LogP contribution in [0, 0.1) is 20.2 Å². The first-order valence-electron chi connectivity index (χ1n) is 8.96. The summed E-state index contributed by atoms with van der Waals surface area (Å²) in [7, 11) is 0. The van der Waals surface area contributed by atoms with Crippen LogP contribution in [0.2, 0.25) is 0 Å². The molecule has 0 spiro atoms. The minimum atomic E-state index is -0.543. The van der Waals surface area contributed by atoms with E-state index in [-0.39, 0.29) is 23.5 Å². The molecule has 0 heterocycles. The summed E-state index contributed by atoms with van der Waals surface area (Å²) in [5.41, 5.74) is 4.03. The minimum absolute atomic E-state index is 0.0214. The molecule has 0 fully saturated rings. The number of nitro benzene ring substituents is 2. The predicted molar refractivity (Wildman–Crippen MR) is 112 cm³/mol. The van der Waals surface area contributed by atoms with Crippen molar-refractivity contribution in [3.8, 4) is 5.75 Å². The molecule has 3 aromatic carbocycles. The molecule has 0 saturated carbocycles. The number of carbonyl (C=O) groups excluding carboxylic acids is 1. The molecule has 0 atom stereocenters. The highest BCUT2D eigenvalue weighted by molar-refractivity contribution is 5.95. The van der Waals surface area contributed by atoms with Crippen molar-refractivity contribution in [3.63, 3.8) is 0 Å². The Labute approximate surface area is 176 Å². The molecule has 0 aliphatic rings. The van der Waals surface area contributed by atoms with Gasteiger partial charge in [0.25, 0.3) is 17.3 Å². The third kappa shape index (κ3) is 5.94. The van der Waals surface area contributed by atoms with E-state index >= 15 is 0 Å². The monoisotopic (exact) mass is 420 g/mol. The van der Waals surface area contributed by atoms with Gasteiger partial charge in [0, 0.05) is 29.8 Å². The minimum Gasteiger partial charge on any atom is -0.489 e. The fraction of sp³-hybridized carbons (Fsp3) is 0.0476. The highest BCUT2D eigenvalue weighted by Gasteiger charge is 2.08. The second kappa shape index (κ2) is 9.74. The second-order valence-electron chi connectivity index (χ2n) is 6.28. The molecule has 0 saturated heterocycles. The summed E-state index contributed by atoms with van der Waals surface area (Å²) < 4.78 is 5.64. The lowest BCUT2D eigenvalue weighted by Crippen LogP contribution is -2.17. The van der Waals surface area contributed by atoms with Gasteiger partial charge < -0.3 is 4.74 Å². The number of nitrogens with zero attached hydrogens (tertiary/aromatic N) is 3. The number of nitrogens with one attached hydrogen (secondary N) is 1. The molecule has 10 nitrogen and oxygen atoms in total. The summed E-state index contributed by atoms with van der Waals surface area (Å²) in [5, 5.41) is 25.2. The molecular formula is C21H16N4O6. The number of benzene rings is 3. The summed E-state index contributed by atoms with van der Waals surface area (Å²) in [6.07, 6.45) is 1.45. The molecule has 0 aromatic heterocycles. The normalized spacial score (nSPS) is 10.6. The van der Waals surface area contributed by atoms with Gasteiger partial charge >= 0.3 is 0 Å². The molecule has 1 N–H and O–H groups in total. The van der Waals surface area contributed by atoms with E-state index in [0.29, 0.717) is 11.3 Å². The van der Waals surface area contributed by atoms with Crippen molar-refractivity contribution in [3.05, 3.63) is 110 Å². The van der Waals surface area contributed by atoms with E-state index in [4.69, 9.17) is 4.74 Å². The van der Waals surface area contributed by atoms with Crippen molar-refractivity contribution in [2.45, 2.75) is 6.61 Å². The first-order valence-corrected chi connectivity index (χ1v) is 8.96. The van der Waals surface area contributed by atoms with Crippen LogP contribution in [0.5, 0.6) is 5.75 Å². The quantitative estimate of drug-likeness (QED) is 0.334. The van der Waals surface area contributed by atoms with Gasteiger partial charge in [0.05, 0.1) is 16.1 Å². The van der Waals surface area contributed by atoms with E-state index in [1.807, 2.05) is 0 Å². The zero-order valence-corrected chi connectivity index (χ0v) is 16.0. The maximum absolute atomic E-state index is 12.0. The molecular weight excluding hydrogens is 404 g/mol. The van der Waals surface area contributed by atoms with E-state index in [9.17, 15) is 25.0 Å². The number of non-ortho nitro benzene ring substituents is 2. The van der Waals surface area contributed by atoms with E-state index in [1.54, 1.807) is 36.4 Å². The Balaban J connectivity index is 1.50. The molecule has 10 heteroatoms. The molecule has 0 aliphatic heterocycles.